The fourth-order valence-corrected chi connectivity index (χ4v) is 2.00. The van der Waals surface area contributed by atoms with E-state index in [4.69, 9.17) is 10.8 Å². The first kappa shape index (κ1) is 17.5. The quantitative estimate of drug-likeness (QED) is 0.472. The standard InChI is InChI=1S/C10H16Br2N2O4/c11-5-8(15)14(9(16)6-12)7(10(17)18)3-1-2-4-13/h7H,1-6,13H2,(H,17,18)/t7-/m0/s1. The van der Waals surface area contributed by atoms with Crippen molar-refractivity contribution in [1.29, 1.82) is 0 Å². The Hall–Kier alpha value is -0.470. The van der Waals surface area contributed by atoms with Gasteiger partial charge in [-0.05, 0) is 25.8 Å². The summed E-state index contributed by atoms with van der Waals surface area (Å²) in [7, 11) is 0. The molecule has 0 aliphatic carbocycles. The molecule has 0 aromatic rings. The van der Waals surface area contributed by atoms with E-state index in [0.717, 1.165) is 4.90 Å². The molecular formula is C10H16Br2N2O4. The number of hydrogen-bond donors (Lipinski definition) is 2. The molecule has 104 valence electrons. The van der Waals surface area contributed by atoms with E-state index in [2.05, 4.69) is 31.9 Å². The van der Waals surface area contributed by atoms with Gasteiger partial charge in [-0.3, -0.25) is 14.5 Å². The van der Waals surface area contributed by atoms with Crippen LogP contribution in [0.2, 0.25) is 0 Å². The van der Waals surface area contributed by atoms with Crippen LogP contribution >= 0.6 is 31.9 Å². The molecule has 0 aromatic heterocycles. The van der Waals surface area contributed by atoms with Crippen molar-refractivity contribution in [3.63, 3.8) is 0 Å². The Bertz CT molecular complexity index is 296. The molecule has 0 unspecified atom stereocenters. The van der Waals surface area contributed by atoms with Crippen LogP contribution in [-0.4, -0.2) is 51.0 Å². The van der Waals surface area contributed by atoms with Gasteiger partial charge in [0.2, 0.25) is 11.8 Å². The summed E-state index contributed by atoms with van der Waals surface area (Å²) in [6.45, 7) is 0.450. The van der Waals surface area contributed by atoms with Gasteiger partial charge < -0.3 is 10.8 Å². The van der Waals surface area contributed by atoms with Crippen LogP contribution in [0.1, 0.15) is 19.3 Å². The lowest BCUT2D eigenvalue weighted by Gasteiger charge is -2.26. The fourth-order valence-electron chi connectivity index (χ4n) is 1.46. The molecule has 0 saturated heterocycles. The number of alkyl halides is 2. The minimum atomic E-state index is -1.18. The summed E-state index contributed by atoms with van der Waals surface area (Å²) in [5.41, 5.74) is 5.33. The molecule has 0 aromatic carbocycles. The van der Waals surface area contributed by atoms with Crippen LogP contribution < -0.4 is 5.73 Å². The van der Waals surface area contributed by atoms with Crippen molar-refractivity contribution < 1.29 is 19.5 Å². The number of carboxylic acid groups (broad SMARTS) is 1. The maximum atomic E-state index is 11.6. The van der Waals surface area contributed by atoms with Gasteiger partial charge in [0.1, 0.15) is 6.04 Å². The molecule has 3 N–H and O–H groups in total. The zero-order chi connectivity index (χ0) is 14.1. The summed E-state index contributed by atoms with van der Waals surface area (Å²) in [5.74, 6) is -2.30. The third-order valence-electron chi connectivity index (χ3n) is 2.29. The van der Waals surface area contributed by atoms with Crippen LogP contribution in [0.5, 0.6) is 0 Å². The number of nitrogens with zero attached hydrogens (tertiary/aromatic N) is 1. The third-order valence-corrected chi connectivity index (χ3v) is 3.25. The van der Waals surface area contributed by atoms with E-state index in [1.165, 1.54) is 0 Å². The van der Waals surface area contributed by atoms with Gasteiger partial charge in [-0.25, -0.2) is 4.79 Å². The average Bonchev–Trinajstić information content (AvgIpc) is 2.36. The van der Waals surface area contributed by atoms with Crippen LogP contribution in [0.4, 0.5) is 0 Å². The number of hydrogen-bond acceptors (Lipinski definition) is 4. The minimum absolute atomic E-state index is 0.0909. The van der Waals surface area contributed by atoms with Crippen LogP contribution in [0.25, 0.3) is 0 Å². The number of rotatable bonds is 8. The molecule has 0 radical (unpaired) electrons. The number of unbranched alkanes of at least 4 members (excludes halogenated alkanes) is 1. The van der Waals surface area contributed by atoms with E-state index in [1.54, 1.807) is 0 Å². The van der Waals surface area contributed by atoms with Crippen molar-refractivity contribution in [2.24, 2.45) is 5.73 Å². The van der Waals surface area contributed by atoms with Gasteiger partial charge in [-0.2, -0.15) is 0 Å². The van der Waals surface area contributed by atoms with Gasteiger partial charge in [0.25, 0.3) is 0 Å². The summed E-state index contributed by atoms with van der Waals surface area (Å²) in [6, 6.07) is -1.13. The largest absolute Gasteiger partial charge is 0.480 e. The Balaban J connectivity index is 4.91. The van der Waals surface area contributed by atoms with Gasteiger partial charge in [0.05, 0.1) is 10.7 Å². The molecule has 1 atom stereocenters. The number of aliphatic carboxylic acids is 1. The lowest BCUT2D eigenvalue weighted by Crippen LogP contribution is -2.49. The van der Waals surface area contributed by atoms with Crippen LogP contribution in [0.3, 0.4) is 0 Å². The minimum Gasteiger partial charge on any atom is -0.480 e. The molecule has 0 aliphatic rings. The lowest BCUT2D eigenvalue weighted by atomic mass is 10.1. The summed E-state index contributed by atoms with van der Waals surface area (Å²) >= 11 is 5.88. The van der Waals surface area contributed by atoms with Gasteiger partial charge in [-0.15, -0.1) is 0 Å². The van der Waals surface area contributed by atoms with Crippen LogP contribution in [0.15, 0.2) is 0 Å². The third kappa shape index (κ3) is 5.45. The molecule has 0 saturated carbocycles. The molecule has 0 fully saturated rings. The molecule has 18 heavy (non-hydrogen) atoms. The Morgan fingerprint density at radius 3 is 1.94 bits per heavy atom. The van der Waals surface area contributed by atoms with E-state index < -0.39 is 23.8 Å². The molecule has 8 heteroatoms. The monoisotopic (exact) mass is 386 g/mol. The lowest BCUT2D eigenvalue weighted by molar-refractivity contribution is -0.156. The van der Waals surface area contributed by atoms with Crippen molar-refractivity contribution in [1.82, 2.24) is 4.90 Å². The molecule has 0 rings (SSSR count). The number of carbonyl (C=O) groups is 3. The van der Waals surface area contributed by atoms with E-state index >= 15 is 0 Å². The maximum absolute atomic E-state index is 11.6. The zero-order valence-electron chi connectivity index (χ0n) is 9.77. The maximum Gasteiger partial charge on any atom is 0.326 e. The highest BCUT2D eigenvalue weighted by Crippen LogP contribution is 2.12. The summed E-state index contributed by atoms with van der Waals surface area (Å²) in [5, 5.41) is 8.94. The first-order chi connectivity index (χ1) is 8.49. The molecule has 0 aliphatic heterocycles. The average molecular weight is 388 g/mol. The molecule has 6 nitrogen and oxygen atoms in total. The van der Waals surface area contributed by atoms with Gasteiger partial charge >= 0.3 is 5.97 Å². The number of carbonyl (C=O) groups excluding carboxylic acids is 2. The van der Waals surface area contributed by atoms with E-state index in [9.17, 15) is 14.4 Å². The first-order valence-electron chi connectivity index (χ1n) is 5.39. The van der Waals surface area contributed by atoms with E-state index in [-0.39, 0.29) is 17.1 Å². The van der Waals surface area contributed by atoms with Crippen molar-refractivity contribution >= 4 is 49.6 Å². The van der Waals surface area contributed by atoms with E-state index in [0.29, 0.717) is 19.4 Å². The van der Waals surface area contributed by atoms with Crippen molar-refractivity contribution in [2.75, 3.05) is 17.2 Å². The summed E-state index contributed by atoms with van der Waals surface area (Å²) < 4.78 is 0. The number of imide groups is 1. The second kappa shape index (κ2) is 9.46. The predicted molar refractivity (Wildman–Crippen MR) is 73.8 cm³/mol. The summed E-state index contributed by atoms with van der Waals surface area (Å²) in [6.07, 6.45) is 1.42. The van der Waals surface area contributed by atoms with Gasteiger partial charge in [-0.1, -0.05) is 31.9 Å². The number of carboxylic acids is 1. The second-order valence-electron chi connectivity index (χ2n) is 3.56. The molecule has 0 heterocycles. The smallest absolute Gasteiger partial charge is 0.326 e. The summed E-state index contributed by atoms with van der Waals surface area (Å²) in [4.78, 5) is 35.2. The van der Waals surface area contributed by atoms with Crippen molar-refractivity contribution in [3.8, 4) is 0 Å². The Labute approximate surface area is 122 Å². The predicted octanol–water partition coefficient (Wildman–Crippen LogP) is 0.714. The Kier molecular flexibility index (Phi) is 9.21. The first-order valence-corrected chi connectivity index (χ1v) is 7.63. The topological polar surface area (TPSA) is 101 Å². The fraction of sp³-hybridized carbons (Fsp3) is 0.700. The Morgan fingerprint density at radius 2 is 1.61 bits per heavy atom. The highest BCUT2D eigenvalue weighted by Gasteiger charge is 2.32. The molecule has 0 spiro atoms. The normalized spacial score (nSPS) is 11.9. The van der Waals surface area contributed by atoms with Crippen molar-refractivity contribution in [2.45, 2.75) is 25.3 Å². The van der Waals surface area contributed by atoms with Crippen LogP contribution in [0, 0.1) is 0 Å². The zero-order valence-corrected chi connectivity index (χ0v) is 12.9. The van der Waals surface area contributed by atoms with Crippen LogP contribution in [-0.2, 0) is 14.4 Å². The highest BCUT2D eigenvalue weighted by atomic mass is 79.9. The highest BCUT2D eigenvalue weighted by molar-refractivity contribution is 9.09. The SMILES string of the molecule is NCCCC[C@@H](C(=O)O)N(C(=O)CBr)C(=O)CBr. The van der Waals surface area contributed by atoms with Gasteiger partial charge in [0.15, 0.2) is 0 Å². The van der Waals surface area contributed by atoms with Gasteiger partial charge in [0, 0.05) is 0 Å². The number of nitrogens with two attached hydrogens (primary N) is 1. The Morgan fingerprint density at radius 1 is 1.11 bits per heavy atom. The number of amides is 2. The number of halogens is 2. The molecule has 0 bridgehead atoms. The second-order valence-corrected chi connectivity index (χ2v) is 4.68. The van der Waals surface area contributed by atoms with Crippen molar-refractivity contribution in [3.05, 3.63) is 0 Å². The van der Waals surface area contributed by atoms with E-state index in [1.807, 2.05) is 0 Å². The molecular weight excluding hydrogens is 372 g/mol. The molecule has 2 amide bonds.